The molecule has 35 heavy (non-hydrogen) atoms. The Bertz CT molecular complexity index is 1440. The second-order valence-corrected chi connectivity index (χ2v) is 8.78. The zero-order chi connectivity index (χ0) is 24.2. The summed E-state index contributed by atoms with van der Waals surface area (Å²) >= 11 is 1.54. The van der Waals surface area contributed by atoms with E-state index < -0.39 is 0 Å². The first-order valence-corrected chi connectivity index (χ1v) is 11.7. The van der Waals surface area contributed by atoms with E-state index in [0.29, 0.717) is 23.4 Å². The molecule has 2 aromatic carbocycles. The van der Waals surface area contributed by atoms with Gasteiger partial charge in [0, 0.05) is 23.6 Å². The Hall–Kier alpha value is -4.50. The lowest BCUT2D eigenvalue weighted by molar-refractivity contribution is 0.0785. The van der Waals surface area contributed by atoms with Crippen molar-refractivity contribution in [3.63, 3.8) is 0 Å². The Morgan fingerprint density at radius 3 is 2.60 bits per heavy atom. The molecule has 0 saturated carbocycles. The highest BCUT2D eigenvalue weighted by atomic mass is 32.1. The van der Waals surface area contributed by atoms with Gasteiger partial charge in [-0.3, -0.25) is 9.59 Å². The third-order valence-corrected chi connectivity index (χ3v) is 6.18. The van der Waals surface area contributed by atoms with E-state index in [-0.39, 0.29) is 11.8 Å². The van der Waals surface area contributed by atoms with Gasteiger partial charge >= 0.3 is 0 Å². The Kier molecular flexibility index (Phi) is 6.23. The monoisotopic (exact) mass is 483 g/mol. The van der Waals surface area contributed by atoms with E-state index in [9.17, 15) is 9.59 Å². The van der Waals surface area contributed by atoms with Crippen LogP contribution < -0.4 is 5.32 Å². The number of rotatable bonds is 7. The number of carbonyl (C=O) groups is 2. The minimum absolute atomic E-state index is 0.0958. The van der Waals surface area contributed by atoms with E-state index in [1.165, 1.54) is 23.9 Å². The van der Waals surface area contributed by atoms with Gasteiger partial charge in [-0.05, 0) is 30.3 Å². The lowest BCUT2D eigenvalue weighted by Gasteiger charge is -2.16. The molecule has 0 radical (unpaired) electrons. The molecule has 0 spiro atoms. The van der Waals surface area contributed by atoms with Crippen molar-refractivity contribution in [3.8, 4) is 16.9 Å². The average molecular weight is 484 g/mol. The number of furan rings is 1. The predicted octanol–water partition coefficient (Wildman–Crippen LogP) is 5.11. The first-order valence-electron chi connectivity index (χ1n) is 10.8. The zero-order valence-corrected chi connectivity index (χ0v) is 19.6. The molecule has 0 saturated heterocycles. The number of carbonyl (C=O) groups excluding carboxylic acids is 2. The van der Waals surface area contributed by atoms with Crippen LogP contribution >= 0.6 is 11.3 Å². The molecule has 0 aliphatic rings. The highest BCUT2D eigenvalue weighted by molar-refractivity contribution is 7.09. The van der Waals surface area contributed by atoms with Crippen molar-refractivity contribution >= 4 is 28.8 Å². The van der Waals surface area contributed by atoms with E-state index in [4.69, 9.17) is 4.42 Å². The number of aromatic nitrogens is 3. The summed E-state index contributed by atoms with van der Waals surface area (Å²) in [7, 11) is 1.77. The van der Waals surface area contributed by atoms with Gasteiger partial charge in [0.25, 0.3) is 11.8 Å². The molecule has 174 valence electrons. The van der Waals surface area contributed by atoms with E-state index >= 15 is 0 Å². The summed E-state index contributed by atoms with van der Waals surface area (Å²) < 4.78 is 6.56. The van der Waals surface area contributed by atoms with E-state index in [2.05, 4.69) is 15.4 Å². The molecule has 0 unspecified atom stereocenters. The van der Waals surface area contributed by atoms with Crippen molar-refractivity contribution < 1.29 is 14.0 Å². The number of hydrogen-bond acceptors (Lipinski definition) is 6. The smallest absolute Gasteiger partial charge is 0.259 e. The first-order chi connectivity index (χ1) is 17.1. The highest BCUT2D eigenvalue weighted by Gasteiger charge is 2.15. The van der Waals surface area contributed by atoms with Gasteiger partial charge in [-0.1, -0.05) is 30.3 Å². The summed E-state index contributed by atoms with van der Waals surface area (Å²) in [5.74, 6) is -0.375. The van der Waals surface area contributed by atoms with Crippen molar-refractivity contribution in [1.29, 1.82) is 0 Å². The molecule has 0 aliphatic carbocycles. The molecule has 0 aliphatic heterocycles. The minimum atomic E-state index is -0.279. The second kappa shape index (κ2) is 9.78. The molecule has 0 bridgehead atoms. The standard InChI is InChI=1S/C26H21N5O3S/c1-30(15-24-29-23(17-35-24)18-5-3-2-4-6-18)26(33)19-7-9-22(10-8-19)31-14-21(13-27-31)28-25(32)20-11-12-34-16-20/h2-14,16-17H,15H2,1H3,(H,28,32). The molecule has 9 heteroatoms. The number of hydrogen-bond donors (Lipinski definition) is 1. The van der Waals surface area contributed by atoms with Gasteiger partial charge in [0.1, 0.15) is 11.3 Å². The van der Waals surface area contributed by atoms with Crippen LogP contribution in [-0.4, -0.2) is 38.5 Å². The summed E-state index contributed by atoms with van der Waals surface area (Å²) in [6.07, 6.45) is 6.08. The molecule has 3 aromatic heterocycles. The average Bonchev–Trinajstić information content (AvgIpc) is 3.66. The fourth-order valence-corrected chi connectivity index (χ4v) is 4.36. The van der Waals surface area contributed by atoms with Crippen LogP contribution in [0.1, 0.15) is 25.7 Å². The summed E-state index contributed by atoms with van der Waals surface area (Å²) in [4.78, 5) is 31.4. The van der Waals surface area contributed by atoms with Crippen LogP contribution in [0.5, 0.6) is 0 Å². The molecule has 1 N–H and O–H groups in total. The van der Waals surface area contributed by atoms with Crippen molar-refractivity contribution in [2.24, 2.45) is 0 Å². The summed E-state index contributed by atoms with van der Waals surface area (Å²) in [6.45, 7) is 0.428. The lowest BCUT2D eigenvalue weighted by Crippen LogP contribution is -2.26. The number of amides is 2. The third kappa shape index (κ3) is 5.04. The molecule has 2 amide bonds. The van der Waals surface area contributed by atoms with Crippen LogP contribution in [0.25, 0.3) is 16.9 Å². The van der Waals surface area contributed by atoms with Crippen LogP contribution in [0.3, 0.4) is 0 Å². The molecule has 3 heterocycles. The maximum Gasteiger partial charge on any atom is 0.259 e. The number of anilines is 1. The van der Waals surface area contributed by atoms with Crippen LogP contribution in [0.4, 0.5) is 5.69 Å². The molecule has 0 fully saturated rings. The van der Waals surface area contributed by atoms with Crippen LogP contribution in [-0.2, 0) is 6.54 Å². The van der Waals surface area contributed by atoms with Crippen molar-refractivity contribution in [1.82, 2.24) is 19.7 Å². The fourth-order valence-electron chi connectivity index (χ4n) is 3.50. The molecule has 0 atom stereocenters. The lowest BCUT2D eigenvalue weighted by atomic mass is 10.2. The maximum atomic E-state index is 12.9. The predicted molar refractivity (Wildman–Crippen MR) is 134 cm³/mol. The van der Waals surface area contributed by atoms with Crippen LogP contribution in [0, 0.1) is 0 Å². The SMILES string of the molecule is CN(Cc1nc(-c2ccccc2)cs1)C(=O)c1ccc(-n2cc(NC(=O)c3ccoc3)cn2)cc1. The quantitative estimate of drug-likeness (QED) is 0.347. The topological polar surface area (TPSA) is 93.3 Å². The number of nitrogens with zero attached hydrogens (tertiary/aromatic N) is 4. The van der Waals surface area contributed by atoms with Crippen LogP contribution in [0.15, 0.2) is 95.4 Å². The zero-order valence-electron chi connectivity index (χ0n) is 18.8. The van der Waals surface area contributed by atoms with Gasteiger partial charge < -0.3 is 14.6 Å². The van der Waals surface area contributed by atoms with Crippen molar-refractivity contribution in [2.75, 3.05) is 12.4 Å². The molecular weight excluding hydrogens is 462 g/mol. The van der Waals surface area contributed by atoms with Crippen molar-refractivity contribution in [3.05, 3.63) is 107 Å². The number of benzene rings is 2. The van der Waals surface area contributed by atoms with Gasteiger partial charge in [-0.25, -0.2) is 9.67 Å². The molecule has 8 nitrogen and oxygen atoms in total. The normalized spacial score (nSPS) is 10.8. The molecular formula is C26H21N5O3S. The third-order valence-electron chi connectivity index (χ3n) is 5.34. The summed E-state index contributed by atoms with van der Waals surface area (Å²) in [6, 6.07) is 18.7. The fraction of sp³-hybridized carbons (Fsp3) is 0.0769. The Balaban J connectivity index is 1.22. The van der Waals surface area contributed by atoms with Gasteiger partial charge in [0.05, 0.1) is 47.8 Å². The van der Waals surface area contributed by atoms with E-state index in [0.717, 1.165) is 22.0 Å². The van der Waals surface area contributed by atoms with E-state index in [1.807, 2.05) is 47.8 Å². The van der Waals surface area contributed by atoms with Crippen LogP contribution in [0.2, 0.25) is 0 Å². The maximum absolute atomic E-state index is 12.9. The number of nitrogens with one attached hydrogen (secondary N) is 1. The Labute approximate surface area is 205 Å². The first kappa shape index (κ1) is 22.3. The van der Waals surface area contributed by atoms with Gasteiger partial charge in [0.2, 0.25) is 0 Å². The second-order valence-electron chi connectivity index (χ2n) is 7.84. The molecule has 5 aromatic rings. The minimum Gasteiger partial charge on any atom is -0.472 e. The van der Waals surface area contributed by atoms with Gasteiger partial charge in [-0.2, -0.15) is 5.10 Å². The van der Waals surface area contributed by atoms with Gasteiger partial charge in [-0.15, -0.1) is 11.3 Å². The summed E-state index contributed by atoms with van der Waals surface area (Å²) in [5, 5.41) is 9.94. The van der Waals surface area contributed by atoms with E-state index in [1.54, 1.807) is 47.2 Å². The van der Waals surface area contributed by atoms with Gasteiger partial charge in [0.15, 0.2) is 0 Å². The largest absolute Gasteiger partial charge is 0.472 e. The van der Waals surface area contributed by atoms with Crippen molar-refractivity contribution in [2.45, 2.75) is 6.54 Å². The number of thiazole rings is 1. The Morgan fingerprint density at radius 2 is 1.86 bits per heavy atom. The summed E-state index contributed by atoms with van der Waals surface area (Å²) in [5.41, 5.74) is 4.28. The Morgan fingerprint density at radius 1 is 1.06 bits per heavy atom. The molecule has 5 rings (SSSR count). The highest BCUT2D eigenvalue weighted by Crippen LogP contribution is 2.23.